The summed E-state index contributed by atoms with van der Waals surface area (Å²) in [5, 5.41) is 9.67. The van der Waals surface area contributed by atoms with Gasteiger partial charge < -0.3 is 9.64 Å². The molecule has 8 heteroatoms. The van der Waals surface area contributed by atoms with Crippen molar-refractivity contribution in [3.63, 3.8) is 0 Å². The van der Waals surface area contributed by atoms with Crippen molar-refractivity contribution in [2.24, 2.45) is 0 Å². The lowest BCUT2D eigenvalue weighted by Gasteiger charge is -2.30. The summed E-state index contributed by atoms with van der Waals surface area (Å²) in [6.45, 7) is 8.37. The molecule has 0 aliphatic carbocycles. The standard InChI is InChI=1S/C26H26F3N3O2/c1-16-20-8-5-9-21(18-7-6-14-32(15-18)24(33)34-25(2,3)4)23(20)31-30-22(16)17-10-12-19(13-11-17)26(27,28)29/h5,7-13H,6,14-15H2,1-4H3. The molecule has 0 atom stereocenters. The summed E-state index contributed by atoms with van der Waals surface area (Å²) >= 11 is 0. The van der Waals surface area contributed by atoms with Crippen molar-refractivity contribution in [1.82, 2.24) is 15.1 Å². The highest BCUT2D eigenvalue weighted by Gasteiger charge is 2.30. The second-order valence-electron chi connectivity index (χ2n) is 9.37. The van der Waals surface area contributed by atoms with Gasteiger partial charge in [-0.25, -0.2) is 4.79 Å². The van der Waals surface area contributed by atoms with Gasteiger partial charge in [0, 0.05) is 29.6 Å². The molecule has 2 heterocycles. The zero-order valence-electron chi connectivity index (χ0n) is 19.5. The summed E-state index contributed by atoms with van der Waals surface area (Å²) in [5.41, 5.74) is 3.17. The monoisotopic (exact) mass is 469 g/mol. The number of aromatic nitrogens is 2. The minimum atomic E-state index is -4.39. The zero-order valence-corrected chi connectivity index (χ0v) is 19.5. The van der Waals surface area contributed by atoms with E-state index in [4.69, 9.17) is 4.74 Å². The number of hydrogen-bond donors (Lipinski definition) is 0. The predicted octanol–water partition coefficient (Wildman–Crippen LogP) is 6.65. The summed E-state index contributed by atoms with van der Waals surface area (Å²) in [7, 11) is 0. The maximum atomic E-state index is 12.9. The minimum absolute atomic E-state index is 0.356. The van der Waals surface area contributed by atoms with Crippen LogP contribution in [0.1, 0.15) is 43.9 Å². The summed E-state index contributed by atoms with van der Waals surface area (Å²) in [6, 6.07) is 10.7. The fourth-order valence-electron chi connectivity index (χ4n) is 4.03. The second-order valence-corrected chi connectivity index (χ2v) is 9.37. The van der Waals surface area contributed by atoms with Gasteiger partial charge in [0.05, 0.1) is 11.3 Å². The van der Waals surface area contributed by atoms with Crippen molar-refractivity contribution in [3.05, 3.63) is 65.2 Å². The number of rotatable bonds is 2. The van der Waals surface area contributed by atoms with Crippen molar-refractivity contribution in [3.8, 4) is 11.3 Å². The number of benzene rings is 2. The Kier molecular flexibility index (Phi) is 6.10. The van der Waals surface area contributed by atoms with Gasteiger partial charge in [-0.3, -0.25) is 0 Å². The van der Waals surface area contributed by atoms with Gasteiger partial charge in [-0.1, -0.05) is 36.4 Å². The van der Waals surface area contributed by atoms with Crippen LogP contribution < -0.4 is 0 Å². The maximum Gasteiger partial charge on any atom is 0.416 e. The third kappa shape index (κ3) is 4.90. The highest BCUT2D eigenvalue weighted by molar-refractivity contribution is 5.95. The van der Waals surface area contributed by atoms with Crippen molar-refractivity contribution in [1.29, 1.82) is 0 Å². The Hall–Kier alpha value is -3.42. The molecule has 1 aliphatic rings. The van der Waals surface area contributed by atoms with E-state index in [2.05, 4.69) is 16.3 Å². The Morgan fingerprint density at radius 2 is 1.74 bits per heavy atom. The SMILES string of the molecule is Cc1c(-c2ccc(C(F)(F)F)cc2)nnc2c(C3=CCCN(C(=O)OC(C)(C)C)C3)cccc12. The first-order valence-corrected chi connectivity index (χ1v) is 11.0. The van der Waals surface area contributed by atoms with Crippen molar-refractivity contribution in [2.45, 2.75) is 45.9 Å². The molecule has 0 N–H and O–H groups in total. The first-order chi connectivity index (χ1) is 15.9. The van der Waals surface area contributed by atoms with Gasteiger partial charge in [0.2, 0.25) is 0 Å². The third-order valence-corrected chi connectivity index (χ3v) is 5.68. The third-order valence-electron chi connectivity index (χ3n) is 5.68. The molecule has 178 valence electrons. The van der Waals surface area contributed by atoms with E-state index in [1.807, 2.05) is 45.9 Å². The lowest BCUT2D eigenvalue weighted by molar-refractivity contribution is -0.137. The Morgan fingerprint density at radius 1 is 1.03 bits per heavy atom. The molecule has 0 saturated heterocycles. The number of ether oxygens (including phenoxy) is 1. The lowest BCUT2D eigenvalue weighted by atomic mass is 9.95. The van der Waals surface area contributed by atoms with E-state index >= 15 is 0 Å². The molecular formula is C26H26F3N3O2. The quantitative estimate of drug-likeness (QED) is 0.422. The van der Waals surface area contributed by atoms with E-state index in [0.717, 1.165) is 34.2 Å². The van der Waals surface area contributed by atoms with Crippen molar-refractivity contribution in [2.75, 3.05) is 13.1 Å². The molecule has 0 radical (unpaired) electrons. The van der Waals surface area contributed by atoms with Gasteiger partial charge in [-0.05, 0) is 57.4 Å². The Bertz CT molecular complexity index is 1260. The van der Waals surface area contributed by atoms with E-state index < -0.39 is 17.3 Å². The molecule has 1 aliphatic heterocycles. The number of nitrogens with zero attached hydrogens (tertiary/aromatic N) is 3. The molecule has 5 nitrogen and oxygen atoms in total. The summed E-state index contributed by atoms with van der Waals surface area (Å²) < 4.78 is 44.3. The number of halogens is 3. The largest absolute Gasteiger partial charge is 0.444 e. The summed E-state index contributed by atoms with van der Waals surface area (Å²) in [6.07, 6.45) is -1.96. The van der Waals surface area contributed by atoms with E-state index in [1.165, 1.54) is 12.1 Å². The van der Waals surface area contributed by atoms with Crippen LogP contribution in [-0.4, -0.2) is 39.9 Å². The number of carbonyl (C=O) groups excluding carboxylic acids is 1. The number of aryl methyl sites for hydroxylation is 1. The highest BCUT2D eigenvalue weighted by atomic mass is 19.4. The van der Waals surface area contributed by atoms with Crippen LogP contribution in [0.4, 0.5) is 18.0 Å². The van der Waals surface area contributed by atoms with Crippen LogP contribution in [0.3, 0.4) is 0 Å². The number of alkyl halides is 3. The van der Waals surface area contributed by atoms with Gasteiger partial charge in [0.1, 0.15) is 11.1 Å². The van der Waals surface area contributed by atoms with Crippen molar-refractivity contribution < 1.29 is 22.7 Å². The molecule has 0 spiro atoms. The van der Waals surface area contributed by atoms with E-state index in [9.17, 15) is 18.0 Å². The van der Waals surface area contributed by atoms with Gasteiger partial charge in [0.15, 0.2) is 0 Å². The molecule has 0 bridgehead atoms. The zero-order chi connectivity index (χ0) is 24.7. The molecular weight excluding hydrogens is 443 g/mol. The smallest absolute Gasteiger partial charge is 0.416 e. The van der Waals surface area contributed by atoms with Crippen LogP contribution in [0.25, 0.3) is 27.7 Å². The fourth-order valence-corrected chi connectivity index (χ4v) is 4.03. The number of carbonyl (C=O) groups is 1. The number of hydrogen-bond acceptors (Lipinski definition) is 4. The van der Waals surface area contributed by atoms with E-state index in [1.54, 1.807) is 4.90 Å². The van der Waals surface area contributed by atoms with E-state index in [0.29, 0.717) is 36.3 Å². The van der Waals surface area contributed by atoms with Gasteiger partial charge in [0.25, 0.3) is 0 Å². The Labute approximate surface area is 196 Å². The predicted molar refractivity (Wildman–Crippen MR) is 125 cm³/mol. The van der Waals surface area contributed by atoms with Gasteiger partial charge >= 0.3 is 12.3 Å². The first-order valence-electron chi connectivity index (χ1n) is 11.0. The molecule has 1 aromatic heterocycles. The molecule has 0 fully saturated rings. The summed E-state index contributed by atoms with van der Waals surface area (Å²) in [4.78, 5) is 14.3. The molecule has 34 heavy (non-hydrogen) atoms. The Morgan fingerprint density at radius 3 is 2.38 bits per heavy atom. The van der Waals surface area contributed by atoms with Crippen LogP contribution in [0.15, 0.2) is 48.5 Å². The van der Waals surface area contributed by atoms with Crippen LogP contribution >= 0.6 is 0 Å². The van der Waals surface area contributed by atoms with E-state index in [-0.39, 0.29) is 6.09 Å². The second kappa shape index (κ2) is 8.74. The highest BCUT2D eigenvalue weighted by Crippen LogP contribution is 2.34. The summed E-state index contributed by atoms with van der Waals surface area (Å²) in [5.74, 6) is 0. The van der Waals surface area contributed by atoms with Crippen LogP contribution in [0.2, 0.25) is 0 Å². The molecule has 0 saturated carbocycles. The fraction of sp³-hybridized carbons (Fsp3) is 0.346. The minimum Gasteiger partial charge on any atom is -0.444 e. The van der Waals surface area contributed by atoms with Crippen LogP contribution in [0, 0.1) is 6.92 Å². The van der Waals surface area contributed by atoms with Crippen LogP contribution in [-0.2, 0) is 10.9 Å². The molecule has 4 rings (SSSR count). The average molecular weight is 470 g/mol. The average Bonchev–Trinajstić information content (AvgIpc) is 2.77. The topological polar surface area (TPSA) is 55.3 Å². The molecule has 1 amide bonds. The van der Waals surface area contributed by atoms with Crippen LogP contribution in [0.5, 0.6) is 0 Å². The number of amides is 1. The normalized spacial score (nSPS) is 14.8. The van der Waals surface area contributed by atoms with Gasteiger partial charge in [-0.2, -0.15) is 13.2 Å². The number of fused-ring (bicyclic) bond motifs is 1. The van der Waals surface area contributed by atoms with Crippen molar-refractivity contribution >= 4 is 22.6 Å². The first kappa shape index (κ1) is 23.7. The van der Waals surface area contributed by atoms with Gasteiger partial charge in [-0.15, -0.1) is 10.2 Å². The Balaban J connectivity index is 1.67. The molecule has 2 aromatic carbocycles. The lowest BCUT2D eigenvalue weighted by Crippen LogP contribution is -2.39. The molecule has 3 aromatic rings. The molecule has 0 unspecified atom stereocenters. The maximum absolute atomic E-state index is 12.9.